The fourth-order valence-electron chi connectivity index (χ4n) is 2.01. The van der Waals surface area contributed by atoms with Crippen molar-refractivity contribution in [3.05, 3.63) is 35.4 Å². The van der Waals surface area contributed by atoms with Crippen molar-refractivity contribution in [2.24, 2.45) is 0 Å². The zero-order valence-corrected chi connectivity index (χ0v) is 11.4. The highest BCUT2D eigenvalue weighted by Crippen LogP contribution is 2.20. The number of nitrogens with zero attached hydrogens (tertiary/aromatic N) is 2. The molecule has 0 aliphatic carbocycles. The van der Waals surface area contributed by atoms with Crippen LogP contribution in [0.5, 0.6) is 0 Å². The summed E-state index contributed by atoms with van der Waals surface area (Å²) in [7, 11) is 0. The number of hydrogen-bond donors (Lipinski definition) is 1. The molecule has 2 unspecified atom stereocenters. The third kappa shape index (κ3) is 3.83. The number of aliphatic hydroxyl groups excluding tert-OH is 1. The smallest absolute Gasteiger partial charge is 0.0991 e. The second-order valence-corrected chi connectivity index (χ2v) is 4.56. The van der Waals surface area contributed by atoms with Gasteiger partial charge in [0.2, 0.25) is 0 Å². The van der Waals surface area contributed by atoms with Gasteiger partial charge in [-0.15, -0.1) is 0 Å². The first kappa shape index (κ1) is 14.7. The molecule has 0 aromatic heterocycles. The Balaban J connectivity index is 2.76. The van der Waals surface area contributed by atoms with Crippen molar-refractivity contribution in [2.45, 2.75) is 39.3 Å². The van der Waals surface area contributed by atoms with Crippen LogP contribution in [-0.4, -0.2) is 29.2 Å². The molecule has 3 nitrogen and oxygen atoms in total. The molecule has 0 saturated carbocycles. The van der Waals surface area contributed by atoms with Crippen LogP contribution in [0.25, 0.3) is 0 Å². The van der Waals surface area contributed by atoms with E-state index < -0.39 is 0 Å². The average Bonchev–Trinajstić information content (AvgIpc) is 2.43. The van der Waals surface area contributed by atoms with Gasteiger partial charge < -0.3 is 5.11 Å². The SMILES string of the molecule is CCC(O)CN(CC)C(C)c1ccc(C#N)cc1. The van der Waals surface area contributed by atoms with Crippen LogP contribution in [0.2, 0.25) is 0 Å². The molecular weight excluding hydrogens is 224 g/mol. The summed E-state index contributed by atoms with van der Waals surface area (Å²) in [5.74, 6) is 0. The van der Waals surface area contributed by atoms with Crippen LogP contribution in [0.3, 0.4) is 0 Å². The monoisotopic (exact) mass is 246 g/mol. The van der Waals surface area contributed by atoms with E-state index in [1.165, 1.54) is 5.56 Å². The van der Waals surface area contributed by atoms with E-state index in [2.05, 4.69) is 24.8 Å². The van der Waals surface area contributed by atoms with Crippen molar-refractivity contribution in [3.8, 4) is 6.07 Å². The van der Waals surface area contributed by atoms with E-state index in [0.29, 0.717) is 12.1 Å². The lowest BCUT2D eigenvalue weighted by atomic mass is 10.0. The highest BCUT2D eigenvalue weighted by atomic mass is 16.3. The molecule has 0 aliphatic rings. The van der Waals surface area contributed by atoms with Crippen molar-refractivity contribution >= 4 is 0 Å². The summed E-state index contributed by atoms with van der Waals surface area (Å²) in [4.78, 5) is 2.25. The molecule has 1 aromatic carbocycles. The number of likely N-dealkylation sites (N-methyl/N-ethyl adjacent to an activating group) is 1. The summed E-state index contributed by atoms with van der Waals surface area (Å²) < 4.78 is 0. The van der Waals surface area contributed by atoms with Crippen LogP contribution in [0.4, 0.5) is 0 Å². The summed E-state index contributed by atoms with van der Waals surface area (Å²) in [6.07, 6.45) is 0.502. The molecule has 0 amide bonds. The first-order valence-electron chi connectivity index (χ1n) is 6.54. The van der Waals surface area contributed by atoms with Gasteiger partial charge in [-0.25, -0.2) is 0 Å². The number of aliphatic hydroxyl groups is 1. The Labute approximate surface area is 110 Å². The zero-order chi connectivity index (χ0) is 13.5. The standard InChI is InChI=1S/C15H22N2O/c1-4-15(18)11-17(5-2)12(3)14-8-6-13(10-16)7-9-14/h6-9,12,15,18H,4-5,11H2,1-3H3. The van der Waals surface area contributed by atoms with Crippen molar-refractivity contribution in [1.82, 2.24) is 4.90 Å². The molecule has 0 bridgehead atoms. The van der Waals surface area contributed by atoms with Gasteiger partial charge in [0.25, 0.3) is 0 Å². The van der Waals surface area contributed by atoms with Gasteiger partial charge in [-0.2, -0.15) is 5.26 Å². The fourth-order valence-corrected chi connectivity index (χ4v) is 2.01. The molecule has 0 heterocycles. The quantitative estimate of drug-likeness (QED) is 0.839. The van der Waals surface area contributed by atoms with Crippen molar-refractivity contribution < 1.29 is 5.11 Å². The summed E-state index contributed by atoms with van der Waals surface area (Å²) in [5.41, 5.74) is 1.86. The number of rotatable bonds is 6. The Bertz CT molecular complexity index is 394. The van der Waals surface area contributed by atoms with E-state index in [9.17, 15) is 5.11 Å². The second-order valence-electron chi connectivity index (χ2n) is 4.56. The van der Waals surface area contributed by atoms with Crippen LogP contribution in [0.15, 0.2) is 24.3 Å². The fraction of sp³-hybridized carbons (Fsp3) is 0.533. The van der Waals surface area contributed by atoms with E-state index in [0.717, 1.165) is 13.0 Å². The molecule has 0 fully saturated rings. The molecule has 0 aliphatic heterocycles. The van der Waals surface area contributed by atoms with E-state index in [1.807, 2.05) is 31.2 Å². The normalized spacial score (nSPS) is 14.2. The minimum absolute atomic E-state index is 0.254. The molecule has 18 heavy (non-hydrogen) atoms. The largest absolute Gasteiger partial charge is 0.392 e. The third-order valence-electron chi connectivity index (χ3n) is 3.39. The van der Waals surface area contributed by atoms with E-state index in [4.69, 9.17) is 5.26 Å². The molecule has 2 atom stereocenters. The number of hydrogen-bond acceptors (Lipinski definition) is 3. The first-order chi connectivity index (χ1) is 8.62. The summed E-state index contributed by atoms with van der Waals surface area (Å²) in [6.45, 7) is 7.81. The molecular formula is C15H22N2O. The molecule has 1 aromatic rings. The van der Waals surface area contributed by atoms with Gasteiger partial charge in [-0.3, -0.25) is 4.90 Å². The summed E-state index contributed by atoms with van der Waals surface area (Å²) in [6, 6.07) is 10.0. The molecule has 0 saturated heterocycles. The predicted molar refractivity (Wildman–Crippen MR) is 73.1 cm³/mol. The van der Waals surface area contributed by atoms with Gasteiger partial charge >= 0.3 is 0 Å². The molecule has 1 rings (SSSR count). The Kier molecular flexibility index (Phi) is 5.84. The highest BCUT2D eigenvalue weighted by Gasteiger charge is 2.16. The molecule has 1 N–H and O–H groups in total. The minimum atomic E-state index is -0.272. The van der Waals surface area contributed by atoms with Crippen LogP contribution in [-0.2, 0) is 0 Å². The van der Waals surface area contributed by atoms with Crippen LogP contribution >= 0.6 is 0 Å². The van der Waals surface area contributed by atoms with Crippen LogP contribution < -0.4 is 0 Å². The lowest BCUT2D eigenvalue weighted by Gasteiger charge is -2.30. The predicted octanol–water partition coefficient (Wildman–Crippen LogP) is 2.71. The Morgan fingerprint density at radius 3 is 2.33 bits per heavy atom. The topological polar surface area (TPSA) is 47.3 Å². The summed E-state index contributed by atoms with van der Waals surface area (Å²) >= 11 is 0. The number of nitriles is 1. The highest BCUT2D eigenvalue weighted by molar-refractivity contribution is 5.32. The van der Waals surface area contributed by atoms with E-state index in [1.54, 1.807) is 0 Å². The Morgan fingerprint density at radius 2 is 1.89 bits per heavy atom. The zero-order valence-electron chi connectivity index (χ0n) is 11.4. The lowest BCUT2D eigenvalue weighted by Crippen LogP contribution is -2.34. The second kappa shape index (κ2) is 7.15. The Morgan fingerprint density at radius 1 is 1.28 bits per heavy atom. The average molecular weight is 246 g/mol. The van der Waals surface area contributed by atoms with Crippen LogP contribution in [0.1, 0.15) is 44.4 Å². The van der Waals surface area contributed by atoms with Gasteiger partial charge in [0.05, 0.1) is 17.7 Å². The third-order valence-corrected chi connectivity index (χ3v) is 3.39. The van der Waals surface area contributed by atoms with Gasteiger partial charge in [0.1, 0.15) is 0 Å². The Hall–Kier alpha value is -1.37. The maximum atomic E-state index is 9.75. The van der Waals surface area contributed by atoms with Gasteiger partial charge in [0, 0.05) is 12.6 Å². The number of benzene rings is 1. The maximum Gasteiger partial charge on any atom is 0.0991 e. The van der Waals surface area contributed by atoms with Crippen LogP contribution in [0, 0.1) is 11.3 Å². The van der Waals surface area contributed by atoms with Crippen molar-refractivity contribution in [2.75, 3.05) is 13.1 Å². The van der Waals surface area contributed by atoms with E-state index in [-0.39, 0.29) is 12.1 Å². The van der Waals surface area contributed by atoms with E-state index >= 15 is 0 Å². The molecule has 3 heteroatoms. The van der Waals surface area contributed by atoms with Gasteiger partial charge in [-0.05, 0) is 37.6 Å². The molecule has 0 spiro atoms. The van der Waals surface area contributed by atoms with Gasteiger partial charge in [-0.1, -0.05) is 26.0 Å². The van der Waals surface area contributed by atoms with Crippen molar-refractivity contribution in [1.29, 1.82) is 5.26 Å². The maximum absolute atomic E-state index is 9.75. The first-order valence-corrected chi connectivity index (χ1v) is 6.54. The lowest BCUT2D eigenvalue weighted by molar-refractivity contribution is 0.0918. The van der Waals surface area contributed by atoms with Gasteiger partial charge in [0.15, 0.2) is 0 Å². The summed E-state index contributed by atoms with van der Waals surface area (Å²) in [5, 5.41) is 18.5. The van der Waals surface area contributed by atoms with Crippen molar-refractivity contribution in [3.63, 3.8) is 0 Å². The minimum Gasteiger partial charge on any atom is -0.392 e. The molecule has 0 radical (unpaired) electrons. The molecule has 98 valence electrons.